The van der Waals surface area contributed by atoms with Gasteiger partial charge in [0.05, 0.1) is 10.7 Å². The van der Waals surface area contributed by atoms with Gasteiger partial charge in [-0.05, 0) is 36.1 Å². The highest BCUT2D eigenvalue weighted by atomic mass is 35.5. The Hall–Kier alpha value is -2.33. The molecule has 0 heterocycles. The Labute approximate surface area is 160 Å². The number of benzene rings is 2. The first kappa shape index (κ1) is 20.0. The summed E-state index contributed by atoms with van der Waals surface area (Å²) in [4.78, 5) is 26.0. The van der Waals surface area contributed by atoms with Crippen LogP contribution >= 0.6 is 11.6 Å². The average Bonchev–Trinajstić information content (AvgIpc) is 2.63. The van der Waals surface area contributed by atoms with E-state index in [2.05, 4.69) is 19.2 Å². The van der Waals surface area contributed by atoms with Crippen LogP contribution in [0.15, 0.2) is 42.5 Å². The lowest BCUT2D eigenvalue weighted by molar-refractivity contribution is -0.117. The van der Waals surface area contributed by atoms with Crippen LogP contribution in [0.4, 0.5) is 11.4 Å². The lowest BCUT2D eigenvalue weighted by Gasteiger charge is -2.22. The van der Waals surface area contributed by atoms with Crippen molar-refractivity contribution < 1.29 is 9.59 Å². The molecule has 138 valence electrons. The number of nitrogens with one attached hydrogen (secondary N) is 1. The number of amides is 2. The number of rotatable bonds is 7. The van der Waals surface area contributed by atoms with Gasteiger partial charge in [0.25, 0.3) is 0 Å². The van der Waals surface area contributed by atoms with Gasteiger partial charge in [-0.25, -0.2) is 0 Å². The molecule has 0 unspecified atom stereocenters. The van der Waals surface area contributed by atoms with Crippen LogP contribution in [0.3, 0.4) is 0 Å². The smallest absolute Gasteiger partial charge is 0.226 e. The summed E-state index contributed by atoms with van der Waals surface area (Å²) in [5.74, 6) is -0.256. The lowest BCUT2D eigenvalue weighted by Crippen LogP contribution is -2.32. The molecule has 1 N–H and O–H groups in total. The van der Waals surface area contributed by atoms with Crippen LogP contribution in [0.25, 0.3) is 0 Å². The van der Waals surface area contributed by atoms with E-state index < -0.39 is 0 Å². The van der Waals surface area contributed by atoms with E-state index in [1.807, 2.05) is 30.3 Å². The Balaban J connectivity index is 2.11. The number of nitrogens with zero attached hydrogens (tertiary/aromatic N) is 1. The summed E-state index contributed by atoms with van der Waals surface area (Å²) >= 11 is 6.19. The van der Waals surface area contributed by atoms with Gasteiger partial charge < -0.3 is 10.2 Å². The Morgan fingerprint density at radius 1 is 1.00 bits per heavy atom. The predicted molar refractivity (Wildman–Crippen MR) is 108 cm³/mol. The van der Waals surface area contributed by atoms with Gasteiger partial charge in [-0.3, -0.25) is 9.59 Å². The van der Waals surface area contributed by atoms with E-state index in [9.17, 15) is 9.59 Å². The van der Waals surface area contributed by atoms with Crippen molar-refractivity contribution in [2.24, 2.45) is 0 Å². The third kappa shape index (κ3) is 4.85. The first-order valence-electron chi connectivity index (χ1n) is 8.91. The molecule has 0 aliphatic carbocycles. The highest BCUT2D eigenvalue weighted by molar-refractivity contribution is 6.33. The fourth-order valence-corrected chi connectivity index (χ4v) is 3.17. The number of hydrogen-bond donors (Lipinski definition) is 1. The second kappa shape index (κ2) is 9.39. The molecule has 0 atom stereocenters. The van der Waals surface area contributed by atoms with Crippen molar-refractivity contribution in [1.29, 1.82) is 0 Å². The number of aryl methyl sites for hydroxylation is 2. The van der Waals surface area contributed by atoms with Crippen molar-refractivity contribution in [2.75, 3.05) is 16.8 Å². The van der Waals surface area contributed by atoms with Crippen molar-refractivity contribution in [1.82, 2.24) is 0 Å². The summed E-state index contributed by atoms with van der Waals surface area (Å²) in [6.07, 6.45) is 1.90. The maximum Gasteiger partial charge on any atom is 0.226 e. The minimum absolute atomic E-state index is 0.112. The van der Waals surface area contributed by atoms with Crippen LogP contribution < -0.4 is 10.2 Å². The maximum atomic E-state index is 12.5. The highest BCUT2D eigenvalue weighted by Gasteiger charge is 2.17. The van der Waals surface area contributed by atoms with Crippen molar-refractivity contribution in [2.45, 2.75) is 40.0 Å². The van der Waals surface area contributed by atoms with E-state index in [0.29, 0.717) is 10.7 Å². The zero-order valence-electron chi connectivity index (χ0n) is 15.5. The molecule has 0 saturated carbocycles. The number of halogens is 1. The molecule has 0 aliphatic heterocycles. The van der Waals surface area contributed by atoms with Gasteiger partial charge in [-0.15, -0.1) is 0 Å². The molecular formula is C21H25ClN2O2. The number of para-hydroxylation sites is 2. The molecule has 0 bridgehead atoms. The maximum absolute atomic E-state index is 12.5. The standard InChI is InChI=1S/C21H25ClN2O2/c1-4-16-9-8-10-17(5-2)21(16)23-20(26)13-14-24(15(3)25)19-12-7-6-11-18(19)22/h6-12H,4-5,13-14H2,1-3H3,(H,23,26). The van der Waals surface area contributed by atoms with Gasteiger partial charge in [-0.1, -0.05) is 55.8 Å². The van der Waals surface area contributed by atoms with Crippen molar-refractivity contribution in [3.05, 3.63) is 58.6 Å². The Morgan fingerprint density at radius 3 is 2.15 bits per heavy atom. The summed E-state index contributed by atoms with van der Waals surface area (Å²) in [5.41, 5.74) is 3.76. The predicted octanol–water partition coefficient (Wildman–Crippen LogP) is 4.85. The van der Waals surface area contributed by atoms with Gasteiger partial charge in [0.15, 0.2) is 0 Å². The minimum Gasteiger partial charge on any atom is -0.326 e. The van der Waals surface area contributed by atoms with Crippen LogP contribution in [-0.2, 0) is 22.4 Å². The van der Waals surface area contributed by atoms with Crippen molar-refractivity contribution >= 4 is 34.8 Å². The topological polar surface area (TPSA) is 49.4 Å². The summed E-state index contributed by atoms with van der Waals surface area (Å²) < 4.78 is 0. The van der Waals surface area contributed by atoms with Crippen molar-refractivity contribution in [3.63, 3.8) is 0 Å². The fraction of sp³-hybridized carbons (Fsp3) is 0.333. The summed E-state index contributed by atoms with van der Waals surface area (Å²) in [7, 11) is 0. The quantitative estimate of drug-likeness (QED) is 0.755. The van der Waals surface area contributed by atoms with E-state index in [0.717, 1.165) is 29.7 Å². The third-order valence-corrected chi connectivity index (χ3v) is 4.67. The van der Waals surface area contributed by atoms with Crippen LogP contribution in [0.5, 0.6) is 0 Å². The molecule has 0 aliphatic rings. The molecule has 2 aromatic rings. The SMILES string of the molecule is CCc1cccc(CC)c1NC(=O)CCN(C(C)=O)c1ccccc1Cl. The molecule has 0 radical (unpaired) electrons. The molecule has 2 rings (SSSR count). The van der Waals surface area contributed by atoms with E-state index in [4.69, 9.17) is 11.6 Å². The van der Waals surface area contributed by atoms with Crippen molar-refractivity contribution in [3.8, 4) is 0 Å². The third-order valence-electron chi connectivity index (χ3n) is 4.35. The monoisotopic (exact) mass is 372 g/mol. The second-order valence-electron chi connectivity index (χ2n) is 6.08. The Kier molecular flexibility index (Phi) is 7.22. The first-order chi connectivity index (χ1) is 12.5. The lowest BCUT2D eigenvalue weighted by atomic mass is 10.0. The largest absolute Gasteiger partial charge is 0.326 e. The Bertz CT molecular complexity index is 767. The second-order valence-corrected chi connectivity index (χ2v) is 6.49. The zero-order chi connectivity index (χ0) is 19.1. The molecule has 2 aromatic carbocycles. The van der Waals surface area contributed by atoms with Gasteiger partial charge >= 0.3 is 0 Å². The molecule has 26 heavy (non-hydrogen) atoms. The van der Waals surface area contributed by atoms with E-state index >= 15 is 0 Å². The number of carbonyl (C=O) groups is 2. The first-order valence-corrected chi connectivity index (χ1v) is 9.28. The number of carbonyl (C=O) groups excluding carboxylic acids is 2. The number of hydrogen-bond acceptors (Lipinski definition) is 2. The van der Waals surface area contributed by atoms with Gasteiger partial charge in [0.2, 0.25) is 11.8 Å². The normalized spacial score (nSPS) is 10.5. The summed E-state index contributed by atoms with van der Waals surface area (Å²) in [6, 6.07) is 13.2. The summed E-state index contributed by atoms with van der Waals surface area (Å²) in [5, 5.41) is 3.52. The summed E-state index contributed by atoms with van der Waals surface area (Å²) in [6.45, 7) is 5.89. The van der Waals surface area contributed by atoms with Gasteiger partial charge in [0.1, 0.15) is 0 Å². The fourth-order valence-electron chi connectivity index (χ4n) is 2.94. The van der Waals surface area contributed by atoms with Gasteiger partial charge in [-0.2, -0.15) is 0 Å². The molecule has 0 spiro atoms. The minimum atomic E-state index is -0.144. The molecular weight excluding hydrogens is 348 g/mol. The molecule has 0 aromatic heterocycles. The van der Waals surface area contributed by atoms with E-state index in [1.165, 1.54) is 11.8 Å². The van der Waals surface area contributed by atoms with Crippen LogP contribution in [0.1, 0.15) is 38.3 Å². The van der Waals surface area contributed by atoms with Crippen LogP contribution in [0, 0.1) is 0 Å². The molecule has 0 saturated heterocycles. The zero-order valence-corrected chi connectivity index (χ0v) is 16.3. The Morgan fingerprint density at radius 2 is 1.62 bits per heavy atom. The van der Waals surface area contributed by atoms with E-state index in [-0.39, 0.29) is 24.8 Å². The molecule has 5 heteroatoms. The average molecular weight is 373 g/mol. The molecule has 0 fully saturated rings. The molecule has 4 nitrogen and oxygen atoms in total. The van der Waals surface area contributed by atoms with Crippen LogP contribution in [0.2, 0.25) is 5.02 Å². The van der Waals surface area contributed by atoms with Gasteiger partial charge in [0, 0.05) is 25.6 Å². The van der Waals surface area contributed by atoms with Crippen LogP contribution in [-0.4, -0.2) is 18.4 Å². The van der Waals surface area contributed by atoms with E-state index in [1.54, 1.807) is 12.1 Å². The number of anilines is 2. The highest BCUT2D eigenvalue weighted by Crippen LogP contribution is 2.26. The molecule has 2 amide bonds.